The van der Waals surface area contributed by atoms with Gasteiger partial charge in [0.25, 0.3) is 0 Å². The summed E-state index contributed by atoms with van der Waals surface area (Å²) in [6.45, 7) is 3.39. The third-order valence-electron chi connectivity index (χ3n) is 2.50. The van der Waals surface area contributed by atoms with Gasteiger partial charge in [0.1, 0.15) is 11.4 Å². The third-order valence-corrected chi connectivity index (χ3v) is 2.50. The van der Waals surface area contributed by atoms with E-state index in [-0.39, 0.29) is 22.8 Å². The smallest absolute Gasteiger partial charge is 0.162 e. The molecule has 4 nitrogen and oxygen atoms in total. The predicted octanol–water partition coefficient (Wildman–Crippen LogP) is 3.34. The fourth-order valence-corrected chi connectivity index (χ4v) is 1.70. The Bertz CT molecular complexity index is 413. The lowest BCUT2D eigenvalue weighted by molar-refractivity contribution is 0.101. The summed E-state index contributed by atoms with van der Waals surface area (Å²) in [6, 6.07) is 2.78. The van der Waals surface area contributed by atoms with Crippen molar-refractivity contribution in [3.8, 4) is 5.75 Å². The van der Waals surface area contributed by atoms with E-state index in [9.17, 15) is 14.8 Å². The van der Waals surface area contributed by atoms with Gasteiger partial charge in [-0.2, -0.15) is 0 Å². The van der Waals surface area contributed by atoms with Crippen LogP contribution in [0.5, 0.6) is 5.75 Å². The average molecular weight is 221 g/mol. The summed E-state index contributed by atoms with van der Waals surface area (Å²) in [5.41, 5.74) is 0.895. The van der Waals surface area contributed by atoms with Crippen LogP contribution in [0.25, 0.3) is 0 Å². The van der Waals surface area contributed by atoms with Gasteiger partial charge in [-0.15, -0.1) is 4.91 Å². The van der Waals surface area contributed by atoms with Crippen molar-refractivity contribution >= 4 is 11.5 Å². The Morgan fingerprint density at radius 3 is 2.62 bits per heavy atom. The number of rotatable bonds is 5. The number of nitroso groups, excluding NO2 is 1. The zero-order valence-corrected chi connectivity index (χ0v) is 9.49. The molecule has 0 unspecified atom stereocenters. The fraction of sp³-hybridized carbons (Fsp3) is 0.417. The molecule has 0 atom stereocenters. The number of unbranched alkanes of at least 4 members (excludes halogenated alkanes) is 1. The first-order valence-electron chi connectivity index (χ1n) is 5.31. The minimum absolute atomic E-state index is 0.0612. The largest absolute Gasteiger partial charge is 0.508 e. The van der Waals surface area contributed by atoms with E-state index in [1.807, 2.05) is 6.92 Å². The molecule has 1 aromatic carbocycles. The highest BCUT2D eigenvalue weighted by Crippen LogP contribution is 2.31. The molecular weight excluding hydrogens is 206 g/mol. The lowest BCUT2D eigenvalue weighted by atomic mass is 9.97. The van der Waals surface area contributed by atoms with Gasteiger partial charge in [-0.3, -0.25) is 4.79 Å². The second-order valence-corrected chi connectivity index (χ2v) is 3.71. The van der Waals surface area contributed by atoms with Crippen molar-refractivity contribution < 1.29 is 9.90 Å². The van der Waals surface area contributed by atoms with Crippen LogP contribution in [0.1, 0.15) is 42.6 Å². The van der Waals surface area contributed by atoms with Crippen molar-refractivity contribution in [1.29, 1.82) is 0 Å². The van der Waals surface area contributed by atoms with E-state index in [1.54, 1.807) is 0 Å². The number of phenols is 1. The molecule has 0 aromatic heterocycles. The molecule has 0 amide bonds. The highest BCUT2D eigenvalue weighted by Gasteiger charge is 2.16. The molecule has 0 heterocycles. The van der Waals surface area contributed by atoms with E-state index in [4.69, 9.17) is 0 Å². The van der Waals surface area contributed by atoms with Gasteiger partial charge >= 0.3 is 0 Å². The Balaban J connectivity index is 3.29. The Morgan fingerprint density at radius 1 is 1.44 bits per heavy atom. The predicted molar refractivity (Wildman–Crippen MR) is 62.2 cm³/mol. The molecule has 0 saturated heterocycles. The molecule has 0 aliphatic heterocycles. The molecular formula is C12H15NO3. The second kappa shape index (κ2) is 5.39. The second-order valence-electron chi connectivity index (χ2n) is 3.71. The van der Waals surface area contributed by atoms with Crippen molar-refractivity contribution in [2.24, 2.45) is 5.18 Å². The Labute approximate surface area is 94.3 Å². The van der Waals surface area contributed by atoms with Gasteiger partial charge in [-0.05, 0) is 37.1 Å². The summed E-state index contributed by atoms with van der Waals surface area (Å²) in [5, 5.41) is 12.5. The maximum atomic E-state index is 11.5. The van der Waals surface area contributed by atoms with Crippen LogP contribution in [-0.4, -0.2) is 10.9 Å². The van der Waals surface area contributed by atoms with Gasteiger partial charge in [-0.1, -0.05) is 13.3 Å². The maximum absolute atomic E-state index is 11.5. The molecule has 1 rings (SSSR count). The van der Waals surface area contributed by atoms with Crippen LogP contribution >= 0.6 is 0 Å². The minimum atomic E-state index is -0.239. The first-order chi connectivity index (χ1) is 7.61. The average Bonchev–Trinajstić information content (AvgIpc) is 2.26. The standard InChI is InChI=1S/C12H15NO3/c1-3-4-5-9-11(15)7-6-10(13-16)12(9)8(2)14/h6-7,15H,3-5H2,1-2H3. The number of hydrogen-bond acceptors (Lipinski definition) is 4. The van der Waals surface area contributed by atoms with Gasteiger partial charge in [0.2, 0.25) is 0 Å². The molecule has 0 bridgehead atoms. The molecule has 0 aliphatic carbocycles. The van der Waals surface area contributed by atoms with Crippen LogP contribution in [0.3, 0.4) is 0 Å². The molecule has 1 N–H and O–H groups in total. The van der Waals surface area contributed by atoms with Crippen LogP contribution < -0.4 is 0 Å². The van der Waals surface area contributed by atoms with Crippen LogP contribution in [0, 0.1) is 4.91 Å². The van der Waals surface area contributed by atoms with Gasteiger partial charge < -0.3 is 5.11 Å². The summed E-state index contributed by atoms with van der Waals surface area (Å²) in [5.74, 6) is -0.178. The molecule has 86 valence electrons. The van der Waals surface area contributed by atoms with E-state index in [0.29, 0.717) is 12.0 Å². The molecule has 4 heteroatoms. The first-order valence-corrected chi connectivity index (χ1v) is 5.31. The van der Waals surface area contributed by atoms with Crippen molar-refractivity contribution in [3.63, 3.8) is 0 Å². The molecule has 0 aliphatic rings. The molecule has 0 radical (unpaired) electrons. The number of phenolic OH excluding ortho intramolecular Hbond substituents is 1. The summed E-state index contributed by atoms with van der Waals surface area (Å²) in [6.07, 6.45) is 2.40. The Hall–Kier alpha value is -1.71. The van der Waals surface area contributed by atoms with Crippen molar-refractivity contribution in [3.05, 3.63) is 28.2 Å². The highest BCUT2D eigenvalue weighted by atomic mass is 16.3. The van der Waals surface area contributed by atoms with E-state index < -0.39 is 0 Å². The summed E-state index contributed by atoms with van der Waals surface area (Å²) >= 11 is 0. The SMILES string of the molecule is CCCCc1c(O)ccc(N=O)c1C(C)=O. The summed E-state index contributed by atoms with van der Waals surface area (Å²) in [4.78, 5) is 22.0. The van der Waals surface area contributed by atoms with Gasteiger partial charge in [-0.25, -0.2) is 0 Å². The number of hydrogen-bond donors (Lipinski definition) is 1. The van der Waals surface area contributed by atoms with Crippen molar-refractivity contribution in [2.75, 3.05) is 0 Å². The zero-order chi connectivity index (χ0) is 12.1. The van der Waals surface area contributed by atoms with Crippen LogP contribution in [0.4, 0.5) is 5.69 Å². The van der Waals surface area contributed by atoms with Crippen molar-refractivity contribution in [1.82, 2.24) is 0 Å². The minimum Gasteiger partial charge on any atom is -0.508 e. The molecule has 0 fully saturated rings. The van der Waals surface area contributed by atoms with Gasteiger partial charge in [0.05, 0.1) is 5.56 Å². The van der Waals surface area contributed by atoms with E-state index in [1.165, 1.54) is 19.1 Å². The maximum Gasteiger partial charge on any atom is 0.162 e. The van der Waals surface area contributed by atoms with E-state index >= 15 is 0 Å². The lowest BCUT2D eigenvalue weighted by Crippen LogP contribution is -2.01. The number of nitrogens with zero attached hydrogens (tertiary/aromatic N) is 1. The lowest BCUT2D eigenvalue weighted by Gasteiger charge is -2.10. The van der Waals surface area contributed by atoms with E-state index in [0.717, 1.165) is 12.8 Å². The zero-order valence-electron chi connectivity index (χ0n) is 9.49. The quantitative estimate of drug-likeness (QED) is 0.612. The summed E-state index contributed by atoms with van der Waals surface area (Å²) < 4.78 is 0. The third kappa shape index (κ3) is 2.45. The first kappa shape index (κ1) is 12.4. The number of ketones is 1. The molecule has 0 spiro atoms. The number of carbonyl (C=O) groups is 1. The Morgan fingerprint density at radius 2 is 2.12 bits per heavy atom. The summed E-state index contributed by atoms with van der Waals surface area (Å²) in [7, 11) is 0. The molecule has 1 aromatic rings. The Kier molecular flexibility index (Phi) is 4.17. The fourth-order valence-electron chi connectivity index (χ4n) is 1.70. The number of aromatic hydroxyl groups is 1. The topological polar surface area (TPSA) is 66.7 Å². The number of carbonyl (C=O) groups excluding carboxylic acids is 1. The highest BCUT2D eigenvalue weighted by molar-refractivity contribution is 6.01. The van der Waals surface area contributed by atoms with Crippen LogP contribution in [0.2, 0.25) is 0 Å². The van der Waals surface area contributed by atoms with Crippen LogP contribution in [0.15, 0.2) is 17.3 Å². The monoisotopic (exact) mass is 221 g/mol. The van der Waals surface area contributed by atoms with Gasteiger partial charge in [0, 0.05) is 5.56 Å². The molecule has 16 heavy (non-hydrogen) atoms. The number of benzene rings is 1. The normalized spacial score (nSPS) is 10.1. The molecule has 0 saturated carbocycles. The van der Waals surface area contributed by atoms with Crippen LogP contribution in [-0.2, 0) is 6.42 Å². The number of Topliss-reactive ketones (excluding diaryl/α,β-unsaturated/α-hetero) is 1. The van der Waals surface area contributed by atoms with E-state index in [2.05, 4.69) is 5.18 Å². The van der Waals surface area contributed by atoms with Gasteiger partial charge in [0.15, 0.2) is 5.78 Å². The van der Waals surface area contributed by atoms with Crippen molar-refractivity contribution in [2.45, 2.75) is 33.1 Å².